The molecule has 126 valence electrons. The third-order valence-corrected chi connectivity index (χ3v) is 3.73. The number of aromatic nitrogens is 1. The molecule has 2 aromatic rings. The van der Waals surface area contributed by atoms with Gasteiger partial charge >= 0.3 is 0 Å². The first-order valence-corrected chi connectivity index (χ1v) is 7.83. The van der Waals surface area contributed by atoms with E-state index in [1.165, 1.54) is 6.20 Å². The number of amides is 1. The molecule has 5 heteroatoms. The zero-order valence-electron chi connectivity index (χ0n) is 14.0. The van der Waals surface area contributed by atoms with Gasteiger partial charge in [-0.15, -0.1) is 0 Å². The quantitative estimate of drug-likeness (QED) is 0.766. The highest BCUT2D eigenvalue weighted by atomic mass is 16.3. The number of aliphatic hydroxyl groups excluding tert-OH is 1. The van der Waals surface area contributed by atoms with Crippen LogP contribution >= 0.6 is 0 Å². The number of hydrogen-bond donors (Lipinski definition) is 2. The Kier molecular flexibility index (Phi) is 5.82. The molecule has 0 aliphatic heterocycles. The van der Waals surface area contributed by atoms with Crippen molar-refractivity contribution in [2.45, 2.75) is 33.3 Å². The first kappa shape index (κ1) is 17.8. The lowest BCUT2D eigenvalue weighted by Crippen LogP contribution is -2.25. The zero-order valence-corrected chi connectivity index (χ0v) is 14.0. The number of ketones is 1. The van der Waals surface area contributed by atoms with Crippen LogP contribution in [0.1, 0.15) is 42.6 Å². The van der Waals surface area contributed by atoms with Crippen molar-refractivity contribution in [1.29, 1.82) is 0 Å². The van der Waals surface area contributed by atoms with E-state index in [0.717, 1.165) is 0 Å². The highest BCUT2D eigenvalue weighted by Crippen LogP contribution is 2.28. The summed E-state index contributed by atoms with van der Waals surface area (Å²) in [5.41, 5.74) is 1.28. The molecule has 2 rings (SSSR count). The fourth-order valence-corrected chi connectivity index (χ4v) is 2.53. The van der Waals surface area contributed by atoms with E-state index in [1.807, 2.05) is 32.0 Å². The molecule has 0 saturated heterocycles. The summed E-state index contributed by atoms with van der Waals surface area (Å²) in [5.74, 6) is -0.186. The summed E-state index contributed by atoms with van der Waals surface area (Å²) in [5, 5.41) is 12.0. The number of pyridine rings is 1. The van der Waals surface area contributed by atoms with Crippen molar-refractivity contribution < 1.29 is 14.7 Å². The first-order chi connectivity index (χ1) is 11.4. The van der Waals surface area contributed by atoms with Gasteiger partial charge < -0.3 is 10.4 Å². The largest absolute Gasteiger partial charge is 0.392 e. The molecular weight excluding hydrogens is 304 g/mol. The van der Waals surface area contributed by atoms with Gasteiger partial charge in [-0.25, -0.2) is 0 Å². The van der Waals surface area contributed by atoms with Gasteiger partial charge in [-0.2, -0.15) is 0 Å². The average Bonchev–Trinajstić information content (AvgIpc) is 2.55. The highest BCUT2D eigenvalue weighted by Gasteiger charge is 2.26. The summed E-state index contributed by atoms with van der Waals surface area (Å²) in [4.78, 5) is 28.6. The molecule has 1 amide bonds. The Balaban J connectivity index is 1.98. The van der Waals surface area contributed by atoms with Gasteiger partial charge in [0.15, 0.2) is 5.78 Å². The summed E-state index contributed by atoms with van der Waals surface area (Å²) < 4.78 is 0. The van der Waals surface area contributed by atoms with Crippen LogP contribution in [0.25, 0.3) is 0 Å². The van der Waals surface area contributed by atoms with Crippen LogP contribution in [0.3, 0.4) is 0 Å². The molecule has 0 aliphatic carbocycles. The summed E-state index contributed by atoms with van der Waals surface area (Å²) >= 11 is 0. The van der Waals surface area contributed by atoms with E-state index in [0.29, 0.717) is 16.8 Å². The fraction of sp³-hybridized carbons (Fsp3) is 0.316. The second-order valence-corrected chi connectivity index (χ2v) is 6.55. The minimum atomic E-state index is -0.474. The van der Waals surface area contributed by atoms with Crippen molar-refractivity contribution in [3.63, 3.8) is 0 Å². The molecule has 5 nitrogen and oxygen atoms in total. The predicted octanol–water partition coefficient (Wildman–Crippen LogP) is 3.20. The van der Waals surface area contributed by atoms with E-state index >= 15 is 0 Å². The van der Waals surface area contributed by atoms with Gasteiger partial charge in [0.2, 0.25) is 5.91 Å². The number of carbonyl (C=O) groups excluding carboxylic acids is 2. The Morgan fingerprint density at radius 3 is 2.50 bits per heavy atom. The van der Waals surface area contributed by atoms with Crippen molar-refractivity contribution in [3.05, 3.63) is 59.9 Å². The molecule has 0 fully saturated rings. The Morgan fingerprint density at radius 1 is 1.12 bits per heavy atom. The summed E-state index contributed by atoms with van der Waals surface area (Å²) in [6, 6.07) is 10.7. The standard InChI is InChI=1S/C19H22N2O3/c1-19(2,10-17(23)14-6-4-3-5-7-14)11-18(24)21-16-12-20-9-8-15(16)13-22/h3-9,12,22H,10-11,13H2,1-2H3,(H,21,24). The van der Waals surface area contributed by atoms with E-state index in [2.05, 4.69) is 10.3 Å². The maximum Gasteiger partial charge on any atom is 0.224 e. The van der Waals surface area contributed by atoms with E-state index in [9.17, 15) is 14.7 Å². The number of aliphatic hydroxyl groups is 1. The van der Waals surface area contributed by atoms with Gasteiger partial charge in [0.1, 0.15) is 0 Å². The van der Waals surface area contributed by atoms with Crippen molar-refractivity contribution in [2.75, 3.05) is 5.32 Å². The summed E-state index contributed by atoms with van der Waals surface area (Å²) in [6.45, 7) is 3.61. The van der Waals surface area contributed by atoms with Crippen molar-refractivity contribution in [3.8, 4) is 0 Å². The van der Waals surface area contributed by atoms with Gasteiger partial charge in [0.05, 0.1) is 18.5 Å². The minimum Gasteiger partial charge on any atom is -0.392 e. The maximum absolute atomic E-state index is 12.3. The molecule has 0 aliphatic rings. The van der Waals surface area contributed by atoms with Gasteiger partial charge in [0.25, 0.3) is 0 Å². The van der Waals surface area contributed by atoms with E-state index in [-0.39, 0.29) is 31.1 Å². The van der Waals surface area contributed by atoms with E-state index in [4.69, 9.17) is 0 Å². The van der Waals surface area contributed by atoms with Crippen LogP contribution in [0.4, 0.5) is 5.69 Å². The Bertz CT molecular complexity index is 712. The van der Waals surface area contributed by atoms with Crippen LogP contribution in [0, 0.1) is 5.41 Å². The van der Waals surface area contributed by atoms with Crippen molar-refractivity contribution in [1.82, 2.24) is 4.98 Å². The van der Waals surface area contributed by atoms with E-state index < -0.39 is 5.41 Å². The molecule has 0 atom stereocenters. The van der Waals surface area contributed by atoms with Gasteiger partial charge in [-0.05, 0) is 11.5 Å². The monoisotopic (exact) mass is 326 g/mol. The number of Topliss-reactive ketones (excluding diaryl/α,β-unsaturated/α-hetero) is 1. The van der Waals surface area contributed by atoms with Crippen LogP contribution in [0.5, 0.6) is 0 Å². The number of nitrogens with zero attached hydrogens (tertiary/aromatic N) is 1. The number of rotatable bonds is 7. The lowest BCUT2D eigenvalue weighted by molar-refractivity contribution is -0.118. The number of benzene rings is 1. The molecular formula is C19H22N2O3. The normalized spacial score (nSPS) is 11.1. The molecule has 1 aromatic carbocycles. The predicted molar refractivity (Wildman–Crippen MR) is 92.6 cm³/mol. The van der Waals surface area contributed by atoms with E-state index in [1.54, 1.807) is 24.4 Å². The lowest BCUT2D eigenvalue weighted by Gasteiger charge is -2.23. The third-order valence-electron chi connectivity index (χ3n) is 3.73. The third kappa shape index (κ3) is 4.99. The maximum atomic E-state index is 12.3. The topological polar surface area (TPSA) is 79.3 Å². The fourth-order valence-electron chi connectivity index (χ4n) is 2.53. The Labute approximate surface area is 141 Å². The average molecular weight is 326 g/mol. The van der Waals surface area contributed by atoms with Crippen LogP contribution in [0.15, 0.2) is 48.8 Å². The Hall–Kier alpha value is -2.53. The van der Waals surface area contributed by atoms with Gasteiger partial charge in [0, 0.05) is 30.2 Å². The molecule has 2 N–H and O–H groups in total. The van der Waals surface area contributed by atoms with Gasteiger partial charge in [-0.3, -0.25) is 14.6 Å². The van der Waals surface area contributed by atoms with Crippen LogP contribution in [-0.2, 0) is 11.4 Å². The second-order valence-electron chi connectivity index (χ2n) is 6.55. The molecule has 0 radical (unpaired) electrons. The minimum absolute atomic E-state index is 0.0193. The molecule has 1 heterocycles. The second kappa shape index (κ2) is 7.84. The van der Waals surface area contributed by atoms with Crippen molar-refractivity contribution in [2.24, 2.45) is 5.41 Å². The van der Waals surface area contributed by atoms with Gasteiger partial charge in [-0.1, -0.05) is 44.2 Å². The Morgan fingerprint density at radius 2 is 1.83 bits per heavy atom. The lowest BCUT2D eigenvalue weighted by atomic mass is 9.82. The summed E-state index contributed by atoms with van der Waals surface area (Å²) in [7, 11) is 0. The number of anilines is 1. The SMILES string of the molecule is CC(C)(CC(=O)Nc1cnccc1CO)CC(=O)c1ccccc1. The van der Waals surface area contributed by atoms with Crippen LogP contribution in [-0.4, -0.2) is 21.8 Å². The molecule has 1 aromatic heterocycles. The number of nitrogens with one attached hydrogen (secondary N) is 1. The molecule has 0 unspecified atom stereocenters. The molecule has 24 heavy (non-hydrogen) atoms. The number of hydrogen-bond acceptors (Lipinski definition) is 4. The highest BCUT2D eigenvalue weighted by molar-refractivity contribution is 5.97. The smallest absolute Gasteiger partial charge is 0.224 e. The first-order valence-electron chi connectivity index (χ1n) is 7.83. The zero-order chi connectivity index (χ0) is 17.6. The van der Waals surface area contributed by atoms with Crippen LogP contribution < -0.4 is 5.32 Å². The van der Waals surface area contributed by atoms with Crippen molar-refractivity contribution >= 4 is 17.4 Å². The number of carbonyl (C=O) groups is 2. The molecule has 0 spiro atoms. The summed E-state index contributed by atoms with van der Waals surface area (Å²) in [6.07, 6.45) is 3.55. The molecule has 0 bridgehead atoms. The van der Waals surface area contributed by atoms with Crippen LogP contribution in [0.2, 0.25) is 0 Å². The molecule has 0 saturated carbocycles.